The Kier molecular flexibility index (Phi) is 2.68. The van der Waals surface area contributed by atoms with E-state index >= 15 is 0 Å². The maximum atomic E-state index is 10.8. The predicted octanol–water partition coefficient (Wildman–Crippen LogP) is 0.0340. The minimum atomic E-state index is -0.292. The molecule has 1 unspecified atom stereocenters. The second-order valence-corrected chi connectivity index (χ2v) is 3.18. The molecule has 60 valence electrons. The van der Waals surface area contributed by atoms with Crippen LogP contribution in [0.15, 0.2) is 0 Å². The van der Waals surface area contributed by atoms with Gasteiger partial charge < -0.3 is 11.1 Å². The van der Waals surface area contributed by atoms with Gasteiger partial charge in [0, 0.05) is 5.54 Å². The number of nitrogens with two attached hydrogens (primary N) is 1. The van der Waals surface area contributed by atoms with Gasteiger partial charge in [-0.3, -0.25) is 4.79 Å². The fraction of sp³-hybridized carbons (Fsp3) is 0.833. The number of hydrogen-bond acceptors (Lipinski definition) is 2. The molecule has 1 fully saturated rings. The summed E-state index contributed by atoms with van der Waals surface area (Å²) in [6.07, 6.45) is 0.742. The summed E-state index contributed by atoms with van der Waals surface area (Å²) in [5.74, 6) is -0.0278. The molecule has 0 aliphatic carbocycles. The van der Waals surface area contributed by atoms with E-state index < -0.39 is 0 Å². The number of rotatable bonds is 0. The lowest BCUT2D eigenvalue weighted by molar-refractivity contribution is -0.120. The second-order valence-electron chi connectivity index (χ2n) is 3.18. The standard InChI is InChI=1S/C6H12N2O.ClH/c1-6(2)3-4(7)5(9)8-6;/h4H,3,7H2,1-2H3,(H,8,9);1H. The molecule has 10 heavy (non-hydrogen) atoms. The molecule has 0 spiro atoms. The Hall–Kier alpha value is -0.280. The Labute approximate surface area is 66.8 Å². The van der Waals surface area contributed by atoms with Gasteiger partial charge in [0.15, 0.2) is 0 Å². The topological polar surface area (TPSA) is 55.1 Å². The fourth-order valence-electron chi connectivity index (χ4n) is 1.12. The molecule has 1 aliphatic rings. The summed E-state index contributed by atoms with van der Waals surface area (Å²) in [7, 11) is 0. The lowest BCUT2D eigenvalue weighted by Crippen LogP contribution is -2.35. The first-order valence-electron chi connectivity index (χ1n) is 3.09. The maximum absolute atomic E-state index is 10.8. The van der Waals surface area contributed by atoms with Crippen LogP contribution in [0.5, 0.6) is 0 Å². The number of amides is 1. The highest BCUT2D eigenvalue weighted by molar-refractivity contribution is 5.85. The van der Waals surface area contributed by atoms with Crippen LogP contribution in [-0.4, -0.2) is 17.5 Å². The lowest BCUT2D eigenvalue weighted by Gasteiger charge is -2.15. The molecule has 0 bridgehead atoms. The number of halogens is 1. The van der Waals surface area contributed by atoms with Gasteiger partial charge in [0.2, 0.25) is 5.91 Å². The van der Waals surface area contributed by atoms with Crippen LogP contribution in [0.1, 0.15) is 20.3 Å². The molecule has 0 aromatic carbocycles. The van der Waals surface area contributed by atoms with Crippen molar-refractivity contribution in [3.8, 4) is 0 Å². The highest BCUT2D eigenvalue weighted by Crippen LogP contribution is 2.16. The van der Waals surface area contributed by atoms with E-state index in [9.17, 15) is 4.79 Å². The van der Waals surface area contributed by atoms with E-state index in [-0.39, 0.29) is 29.9 Å². The Morgan fingerprint density at radius 1 is 1.70 bits per heavy atom. The molecular formula is C6H13ClN2O. The van der Waals surface area contributed by atoms with Gasteiger partial charge in [-0.1, -0.05) is 0 Å². The van der Waals surface area contributed by atoms with Crippen LogP contribution in [0.4, 0.5) is 0 Å². The normalized spacial score (nSPS) is 29.1. The van der Waals surface area contributed by atoms with Crippen molar-refractivity contribution in [3.63, 3.8) is 0 Å². The average molecular weight is 165 g/mol. The molecule has 1 saturated heterocycles. The zero-order valence-corrected chi connectivity index (χ0v) is 6.99. The molecule has 3 N–H and O–H groups in total. The zero-order valence-electron chi connectivity index (χ0n) is 6.18. The van der Waals surface area contributed by atoms with E-state index in [0.717, 1.165) is 6.42 Å². The van der Waals surface area contributed by atoms with E-state index in [1.807, 2.05) is 13.8 Å². The smallest absolute Gasteiger partial charge is 0.237 e. The van der Waals surface area contributed by atoms with Crippen molar-refractivity contribution in [3.05, 3.63) is 0 Å². The number of carbonyl (C=O) groups is 1. The molecule has 1 atom stereocenters. The van der Waals surface area contributed by atoms with Crippen molar-refractivity contribution in [2.45, 2.75) is 31.8 Å². The van der Waals surface area contributed by atoms with Gasteiger partial charge in [-0.05, 0) is 20.3 Å². The van der Waals surface area contributed by atoms with Crippen LogP contribution in [-0.2, 0) is 4.79 Å². The lowest BCUT2D eigenvalue weighted by atomic mass is 10.0. The Morgan fingerprint density at radius 3 is 2.30 bits per heavy atom. The van der Waals surface area contributed by atoms with Crippen LogP contribution in [0, 0.1) is 0 Å². The van der Waals surface area contributed by atoms with Crippen molar-refractivity contribution in [2.75, 3.05) is 0 Å². The van der Waals surface area contributed by atoms with Crippen molar-refractivity contribution in [1.82, 2.24) is 5.32 Å². The van der Waals surface area contributed by atoms with Gasteiger partial charge in [0.05, 0.1) is 6.04 Å². The third-order valence-corrected chi connectivity index (χ3v) is 1.53. The first-order valence-corrected chi connectivity index (χ1v) is 3.09. The molecule has 1 rings (SSSR count). The van der Waals surface area contributed by atoms with Gasteiger partial charge in [0.1, 0.15) is 0 Å². The highest BCUT2D eigenvalue weighted by atomic mass is 35.5. The largest absolute Gasteiger partial charge is 0.350 e. The summed E-state index contributed by atoms with van der Waals surface area (Å²) in [6, 6.07) is -0.292. The van der Waals surface area contributed by atoms with Gasteiger partial charge in [0.25, 0.3) is 0 Å². The third kappa shape index (κ3) is 1.85. The van der Waals surface area contributed by atoms with Crippen molar-refractivity contribution in [1.29, 1.82) is 0 Å². The fourth-order valence-corrected chi connectivity index (χ4v) is 1.12. The summed E-state index contributed by atoms with van der Waals surface area (Å²) < 4.78 is 0. The monoisotopic (exact) mass is 164 g/mol. The molecule has 1 aliphatic heterocycles. The number of nitrogens with one attached hydrogen (secondary N) is 1. The van der Waals surface area contributed by atoms with Crippen LogP contribution in [0.2, 0.25) is 0 Å². The molecule has 0 aromatic rings. The minimum Gasteiger partial charge on any atom is -0.350 e. The number of carbonyl (C=O) groups excluding carboxylic acids is 1. The van der Waals surface area contributed by atoms with E-state index in [1.54, 1.807) is 0 Å². The molecule has 3 nitrogen and oxygen atoms in total. The minimum absolute atomic E-state index is 0. The molecule has 1 amide bonds. The van der Waals surface area contributed by atoms with Gasteiger partial charge in [-0.15, -0.1) is 12.4 Å². The summed E-state index contributed by atoms with van der Waals surface area (Å²) in [6.45, 7) is 3.94. The molecule has 0 aromatic heterocycles. The summed E-state index contributed by atoms with van der Waals surface area (Å²) >= 11 is 0. The SMILES string of the molecule is CC1(C)CC(N)C(=O)N1.Cl. The Bertz CT molecular complexity index is 147. The van der Waals surface area contributed by atoms with Crippen molar-refractivity contribution < 1.29 is 4.79 Å². The average Bonchev–Trinajstić information content (AvgIpc) is 1.79. The molecule has 0 radical (unpaired) electrons. The summed E-state index contributed by atoms with van der Waals surface area (Å²) in [4.78, 5) is 10.8. The van der Waals surface area contributed by atoms with E-state index in [2.05, 4.69) is 5.32 Å². The summed E-state index contributed by atoms with van der Waals surface area (Å²) in [5, 5.41) is 2.78. The van der Waals surface area contributed by atoms with Gasteiger partial charge in [-0.2, -0.15) is 0 Å². The third-order valence-electron chi connectivity index (χ3n) is 1.53. The van der Waals surface area contributed by atoms with Gasteiger partial charge in [-0.25, -0.2) is 0 Å². The van der Waals surface area contributed by atoms with E-state index in [1.165, 1.54) is 0 Å². The number of hydrogen-bond donors (Lipinski definition) is 2. The highest BCUT2D eigenvalue weighted by Gasteiger charge is 2.34. The van der Waals surface area contributed by atoms with Crippen LogP contribution >= 0.6 is 12.4 Å². The predicted molar refractivity (Wildman–Crippen MR) is 42.1 cm³/mol. The van der Waals surface area contributed by atoms with Gasteiger partial charge >= 0.3 is 0 Å². The van der Waals surface area contributed by atoms with Crippen molar-refractivity contribution in [2.24, 2.45) is 5.73 Å². The molecular weight excluding hydrogens is 152 g/mol. The maximum Gasteiger partial charge on any atom is 0.237 e. The van der Waals surface area contributed by atoms with Crippen molar-refractivity contribution >= 4 is 18.3 Å². The zero-order chi connectivity index (χ0) is 7.07. The first-order chi connectivity index (χ1) is 4.01. The molecule has 1 heterocycles. The second kappa shape index (κ2) is 2.76. The Morgan fingerprint density at radius 2 is 2.20 bits per heavy atom. The van der Waals surface area contributed by atoms with E-state index in [0.29, 0.717) is 0 Å². The van der Waals surface area contributed by atoms with E-state index in [4.69, 9.17) is 5.73 Å². The summed E-state index contributed by atoms with van der Waals surface area (Å²) in [5.41, 5.74) is 5.36. The molecule has 4 heteroatoms. The van der Waals surface area contributed by atoms with Crippen LogP contribution in [0.3, 0.4) is 0 Å². The quantitative estimate of drug-likeness (QED) is 0.531. The van der Waals surface area contributed by atoms with Crippen LogP contribution in [0.25, 0.3) is 0 Å². The van der Waals surface area contributed by atoms with Crippen LogP contribution < -0.4 is 11.1 Å². The Balaban J connectivity index is 0.000000810. The molecule has 0 saturated carbocycles. The first kappa shape index (κ1) is 9.72.